The number of allylic oxidation sites excluding steroid dienone is 1. The van der Waals surface area contributed by atoms with Crippen molar-refractivity contribution in [2.24, 2.45) is 5.73 Å². The Morgan fingerprint density at radius 2 is 1.91 bits per heavy atom. The highest BCUT2D eigenvalue weighted by atomic mass is 16.7. The molecule has 0 unspecified atom stereocenters. The molecule has 114 valence electrons. The molecule has 0 radical (unpaired) electrons. The van der Waals surface area contributed by atoms with Crippen LogP contribution < -0.4 is 19.9 Å². The smallest absolute Gasteiger partial charge is 0.231 e. The molecule has 1 atom stereocenters. The molecule has 0 aliphatic carbocycles. The predicted molar refractivity (Wildman–Crippen MR) is 80.0 cm³/mol. The van der Waals surface area contributed by atoms with Crippen LogP contribution in [0.1, 0.15) is 17.0 Å². The van der Waals surface area contributed by atoms with Crippen molar-refractivity contribution in [1.82, 2.24) is 0 Å². The molecule has 4 rings (SSSR count). The van der Waals surface area contributed by atoms with E-state index < -0.39 is 0 Å². The van der Waals surface area contributed by atoms with Gasteiger partial charge in [0.05, 0.1) is 5.92 Å². The molecule has 6 heteroatoms. The summed E-state index contributed by atoms with van der Waals surface area (Å²) in [6, 6.07) is 12.4. The monoisotopic (exact) mass is 308 g/mol. The predicted octanol–water partition coefficient (Wildman–Crippen LogP) is 2.34. The van der Waals surface area contributed by atoms with Crippen molar-refractivity contribution >= 4 is 0 Å². The van der Waals surface area contributed by atoms with E-state index in [1.165, 1.54) is 6.07 Å². The van der Waals surface area contributed by atoms with Gasteiger partial charge in [0, 0.05) is 11.6 Å². The molecule has 0 fully saturated rings. The van der Waals surface area contributed by atoms with Gasteiger partial charge in [-0.05, 0) is 23.8 Å². The normalized spacial score (nSPS) is 18.1. The zero-order valence-electron chi connectivity index (χ0n) is 11.9. The Labute approximate surface area is 131 Å². The molecule has 0 saturated carbocycles. The highest BCUT2D eigenvalue weighted by molar-refractivity contribution is 5.59. The summed E-state index contributed by atoms with van der Waals surface area (Å²) >= 11 is 0. The van der Waals surface area contributed by atoms with Gasteiger partial charge in [-0.2, -0.15) is 5.26 Å². The summed E-state index contributed by atoms with van der Waals surface area (Å²) in [5, 5.41) is 19.1. The molecule has 2 aromatic rings. The number of hydrogen-bond acceptors (Lipinski definition) is 6. The maximum absolute atomic E-state index is 9.64. The minimum Gasteiger partial charge on any atom is -0.508 e. The number of aromatic hydroxyl groups is 1. The molecule has 2 aliphatic rings. The molecule has 3 N–H and O–H groups in total. The number of fused-ring (bicyclic) bond motifs is 2. The first kappa shape index (κ1) is 13.3. The first-order valence-corrected chi connectivity index (χ1v) is 6.97. The average molecular weight is 308 g/mol. The second kappa shape index (κ2) is 4.85. The number of benzene rings is 2. The number of hydrogen-bond donors (Lipinski definition) is 2. The van der Waals surface area contributed by atoms with Crippen LogP contribution in [0.4, 0.5) is 0 Å². The third-order valence-electron chi connectivity index (χ3n) is 3.93. The summed E-state index contributed by atoms with van der Waals surface area (Å²) in [5.41, 5.74) is 7.81. The summed E-state index contributed by atoms with van der Waals surface area (Å²) in [4.78, 5) is 0. The molecular weight excluding hydrogens is 296 g/mol. The van der Waals surface area contributed by atoms with E-state index in [1.807, 2.05) is 12.1 Å². The lowest BCUT2D eigenvalue weighted by molar-refractivity contribution is 0.174. The lowest BCUT2D eigenvalue weighted by atomic mass is 9.83. The zero-order chi connectivity index (χ0) is 16.0. The molecule has 0 saturated heterocycles. The molecule has 0 amide bonds. The van der Waals surface area contributed by atoms with Crippen LogP contribution >= 0.6 is 0 Å². The quantitative estimate of drug-likeness (QED) is 0.839. The van der Waals surface area contributed by atoms with Gasteiger partial charge in [0.25, 0.3) is 0 Å². The van der Waals surface area contributed by atoms with Gasteiger partial charge in [0.15, 0.2) is 11.5 Å². The van der Waals surface area contributed by atoms with Gasteiger partial charge in [-0.1, -0.05) is 12.1 Å². The van der Waals surface area contributed by atoms with Crippen LogP contribution in [-0.2, 0) is 0 Å². The van der Waals surface area contributed by atoms with Crippen LogP contribution in [0.3, 0.4) is 0 Å². The van der Waals surface area contributed by atoms with Crippen LogP contribution in [-0.4, -0.2) is 11.9 Å². The molecule has 6 nitrogen and oxygen atoms in total. The van der Waals surface area contributed by atoms with Gasteiger partial charge in [0.1, 0.15) is 23.1 Å². The van der Waals surface area contributed by atoms with Gasteiger partial charge >= 0.3 is 0 Å². The lowest BCUT2D eigenvalue weighted by Crippen LogP contribution is -2.20. The molecule has 0 spiro atoms. The molecule has 23 heavy (non-hydrogen) atoms. The number of phenolic OH excluding ortho intramolecular Hbond substituents is 1. The maximum Gasteiger partial charge on any atom is 0.231 e. The molecule has 2 aliphatic heterocycles. The van der Waals surface area contributed by atoms with Gasteiger partial charge < -0.3 is 25.1 Å². The molecule has 2 heterocycles. The number of phenols is 1. The van der Waals surface area contributed by atoms with E-state index in [0.717, 1.165) is 11.1 Å². The molecule has 0 aromatic heterocycles. The van der Waals surface area contributed by atoms with E-state index in [4.69, 9.17) is 19.9 Å². The fraction of sp³-hybridized carbons (Fsp3) is 0.118. The number of ether oxygens (including phenoxy) is 3. The first-order chi connectivity index (χ1) is 11.2. The highest BCUT2D eigenvalue weighted by Crippen LogP contribution is 2.45. The van der Waals surface area contributed by atoms with Crippen molar-refractivity contribution in [3.05, 3.63) is 59.0 Å². The zero-order valence-corrected chi connectivity index (χ0v) is 11.9. The van der Waals surface area contributed by atoms with Crippen molar-refractivity contribution in [2.45, 2.75) is 5.92 Å². The largest absolute Gasteiger partial charge is 0.508 e. The van der Waals surface area contributed by atoms with Crippen LogP contribution in [0.15, 0.2) is 47.9 Å². The van der Waals surface area contributed by atoms with Gasteiger partial charge in [-0.15, -0.1) is 0 Å². The van der Waals surface area contributed by atoms with Crippen molar-refractivity contribution in [3.63, 3.8) is 0 Å². The van der Waals surface area contributed by atoms with Crippen molar-refractivity contribution in [1.29, 1.82) is 5.26 Å². The molecule has 2 aromatic carbocycles. The standard InChI is InChI=1S/C17H12N2O4/c18-7-12-16(9-1-4-13-15(5-9)22-8-21-13)11-3-2-10(20)6-14(11)23-17(12)19/h1-6,16,20H,8,19H2/t16-/m0/s1. The fourth-order valence-corrected chi connectivity index (χ4v) is 2.88. The second-order valence-electron chi connectivity index (χ2n) is 5.26. The van der Waals surface area contributed by atoms with Gasteiger partial charge in [-0.3, -0.25) is 0 Å². The van der Waals surface area contributed by atoms with Crippen LogP contribution in [0.2, 0.25) is 0 Å². The molecular formula is C17H12N2O4. The Bertz CT molecular complexity index is 883. The third kappa shape index (κ3) is 2.02. The van der Waals surface area contributed by atoms with Crippen molar-refractivity contribution in [3.8, 4) is 29.1 Å². The van der Waals surface area contributed by atoms with E-state index >= 15 is 0 Å². The topological polar surface area (TPSA) is 97.7 Å². The number of nitrogens with zero attached hydrogens (tertiary/aromatic N) is 1. The Balaban J connectivity index is 1.90. The van der Waals surface area contributed by atoms with E-state index in [9.17, 15) is 10.4 Å². The molecule has 0 bridgehead atoms. The second-order valence-corrected chi connectivity index (χ2v) is 5.26. The van der Waals surface area contributed by atoms with E-state index in [2.05, 4.69) is 6.07 Å². The number of nitriles is 1. The van der Waals surface area contributed by atoms with Crippen LogP contribution in [0.25, 0.3) is 0 Å². The fourth-order valence-electron chi connectivity index (χ4n) is 2.88. The SMILES string of the molecule is N#CC1=C(N)Oc2cc(O)ccc2[C@@H]1c1ccc2c(c1)OCO2. The summed E-state index contributed by atoms with van der Waals surface area (Å²) in [7, 11) is 0. The third-order valence-corrected chi connectivity index (χ3v) is 3.93. The van der Waals surface area contributed by atoms with Crippen molar-refractivity contribution in [2.75, 3.05) is 6.79 Å². The number of nitrogens with two attached hydrogens (primary N) is 1. The van der Waals surface area contributed by atoms with Crippen molar-refractivity contribution < 1.29 is 19.3 Å². The van der Waals surface area contributed by atoms with Gasteiger partial charge in [0.2, 0.25) is 12.7 Å². The Morgan fingerprint density at radius 3 is 2.74 bits per heavy atom. The Kier molecular flexibility index (Phi) is 2.81. The Hall–Kier alpha value is -3.33. The van der Waals surface area contributed by atoms with Crippen LogP contribution in [0, 0.1) is 11.3 Å². The first-order valence-electron chi connectivity index (χ1n) is 6.97. The summed E-state index contributed by atoms with van der Waals surface area (Å²) in [6.07, 6.45) is 0. The minimum atomic E-state index is -0.390. The van der Waals surface area contributed by atoms with Gasteiger partial charge in [-0.25, -0.2) is 0 Å². The van der Waals surface area contributed by atoms with Crippen LogP contribution in [0.5, 0.6) is 23.0 Å². The lowest BCUT2D eigenvalue weighted by Gasteiger charge is -2.26. The Morgan fingerprint density at radius 1 is 1.09 bits per heavy atom. The number of rotatable bonds is 1. The van der Waals surface area contributed by atoms with E-state index in [1.54, 1.807) is 18.2 Å². The average Bonchev–Trinajstić information content (AvgIpc) is 3.00. The maximum atomic E-state index is 9.64. The summed E-state index contributed by atoms with van der Waals surface area (Å²) < 4.78 is 16.2. The summed E-state index contributed by atoms with van der Waals surface area (Å²) in [5.74, 6) is 1.45. The van der Waals surface area contributed by atoms with E-state index in [0.29, 0.717) is 22.8 Å². The minimum absolute atomic E-state index is 0.0354. The highest BCUT2D eigenvalue weighted by Gasteiger charge is 2.31. The van der Waals surface area contributed by atoms with E-state index in [-0.39, 0.29) is 24.3 Å². The summed E-state index contributed by atoms with van der Waals surface area (Å²) in [6.45, 7) is 0.181.